The summed E-state index contributed by atoms with van der Waals surface area (Å²) in [7, 11) is 0. The Hall–Kier alpha value is -1.51. The van der Waals surface area contributed by atoms with E-state index >= 15 is 0 Å². The third-order valence-electron chi connectivity index (χ3n) is 3.37. The molecular formula is C15H22N2O. The van der Waals surface area contributed by atoms with E-state index in [1.807, 2.05) is 31.2 Å². The highest BCUT2D eigenvalue weighted by molar-refractivity contribution is 5.90. The number of benzene rings is 1. The van der Waals surface area contributed by atoms with Gasteiger partial charge in [0, 0.05) is 23.8 Å². The topological polar surface area (TPSA) is 41.1 Å². The quantitative estimate of drug-likeness (QED) is 0.830. The lowest BCUT2D eigenvalue weighted by Gasteiger charge is -2.14. The van der Waals surface area contributed by atoms with Crippen LogP contribution in [-0.2, 0) is 4.79 Å². The van der Waals surface area contributed by atoms with Crippen LogP contribution in [0, 0.1) is 0 Å². The van der Waals surface area contributed by atoms with Gasteiger partial charge in [0.15, 0.2) is 0 Å². The molecule has 1 amide bonds. The van der Waals surface area contributed by atoms with Gasteiger partial charge in [-0.1, -0.05) is 19.8 Å². The van der Waals surface area contributed by atoms with Crippen LogP contribution in [0.5, 0.6) is 0 Å². The van der Waals surface area contributed by atoms with E-state index in [-0.39, 0.29) is 5.91 Å². The predicted octanol–water partition coefficient (Wildman–Crippen LogP) is 3.78. The van der Waals surface area contributed by atoms with Gasteiger partial charge in [-0.25, -0.2) is 0 Å². The van der Waals surface area contributed by atoms with E-state index in [4.69, 9.17) is 0 Å². The summed E-state index contributed by atoms with van der Waals surface area (Å²) in [6.45, 7) is 2.01. The Bertz CT molecular complexity index is 380. The van der Waals surface area contributed by atoms with Gasteiger partial charge in [-0.2, -0.15) is 0 Å². The van der Waals surface area contributed by atoms with Gasteiger partial charge in [0.25, 0.3) is 0 Å². The molecule has 0 spiro atoms. The minimum Gasteiger partial charge on any atom is -0.382 e. The summed E-state index contributed by atoms with van der Waals surface area (Å²) in [4.78, 5) is 11.4. The number of amides is 1. The van der Waals surface area contributed by atoms with E-state index in [0.29, 0.717) is 12.5 Å². The van der Waals surface area contributed by atoms with Gasteiger partial charge >= 0.3 is 0 Å². The monoisotopic (exact) mass is 246 g/mol. The maximum Gasteiger partial charge on any atom is 0.224 e. The van der Waals surface area contributed by atoms with Crippen molar-refractivity contribution in [2.45, 2.75) is 51.5 Å². The molecule has 1 saturated carbocycles. The van der Waals surface area contributed by atoms with Crippen molar-refractivity contribution in [2.24, 2.45) is 0 Å². The van der Waals surface area contributed by atoms with Crippen molar-refractivity contribution >= 4 is 17.3 Å². The lowest BCUT2D eigenvalue weighted by Crippen LogP contribution is -2.14. The van der Waals surface area contributed by atoms with Crippen molar-refractivity contribution in [1.82, 2.24) is 0 Å². The molecule has 2 rings (SSSR count). The van der Waals surface area contributed by atoms with Crippen LogP contribution in [0.15, 0.2) is 24.3 Å². The summed E-state index contributed by atoms with van der Waals surface area (Å²) in [6, 6.07) is 8.64. The first-order chi connectivity index (χ1) is 8.78. The third kappa shape index (κ3) is 3.76. The molecule has 1 aliphatic rings. The zero-order valence-corrected chi connectivity index (χ0v) is 11.0. The number of rotatable bonds is 5. The summed E-state index contributed by atoms with van der Waals surface area (Å²) in [6.07, 6.45) is 6.69. The Balaban J connectivity index is 1.86. The van der Waals surface area contributed by atoms with Crippen LogP contribution < -0.4 is 10.6 Å². The zero-order valence-electron chi connectivity index (χ0n) is 11.0. The molecule has 3 heteroatoms. The number of nitrogens with one attached hydrogen (secondary N) is 2. The summed E-state index contributed by atoms with van der Waals surface area (Å²) in [5.41, 5.74) is 2.03. The maximum absolute atomic E-state index is 11.4. The first kappa shape index (κ1) is 12.9. The van der Waals surface area contributed by atoms with Gasteiger partial charge in [-0.05, 0) is 43.5 Å². The molecule has 0 aliphatic heterocycles. The molecular weight excluding hydrogens is 224 g/mol. The van der Waals surface area contributed by atoms with Gasteiger partial charge in [0.1, 0.15) is 0 Å². The van der Waals surface area contributed by atoms with E-state index in [2.05, 4.69) is 10.6 Å². The molecule has 1 fully saturated rings. The number of hydrogen-bond donors (Lipinski definition) is 2. The Morgan fingerprint density at radius 2 is 1.78 bits per heavy atom. The smallest absolute Gasteiger partial charge is 0.224 e. The Morgan fingerprint density at radius 1 is 1.17 bits per heavy atom. The summed E-state index contributed by atoms with van der Waals surface area (Å²) >= 11 is 0. The first-order valence-electron chi connectivity index (χ1n) is 6.94. The zero-order chi connectivity index (χ0) is 12.8. The van der Waals surface area contributed by atoms with Crippen molar-refractivity contribution < 1.29 is 4.79 Å². The molecule has 1 aliphatic carbocycles. The Labute approximate surface area is 109 Å². The molecule has 1 aromatic rings. The lowest BCUT2D eigenvalue weighted by molar-refractivity contribution is -0.116. The van der Waals surface area contributed by atoms with E-state index < -0.39 is 0 Å². The summed E-state index contributed by atoms with van der Waals surface area (Å²) < 4.78 is 0. The van der Waals surface area contributed by atoms with Crippen LogP contribution >= 0.6 is 0 Å². The van der Waals surface area contributed by atoms with Crippen molar-refractivity contribution in [3.05, 3.63) is 24.3 Å². The average Bonchev–Trinajstić information content (AvgIpc) is 2.85. The normalized spacial score (nSPS) is 15.6. The van der Waals surface area contributed by atoms with Crippen molar-refractivity contribution in [2.75, 3.05) is 10.6 Å². The molecule has 0 unspecified atom stereocenters. The van der Waals surface area contributed by atoms with Gasteiger partial charge < -0.3 is 10.6 Å². The molecule has 0 atom stereocenters. The van der Waals surface area contributed by atoms with Crippen LogP contribution in [0.4, 0.5) is 11.4 Å². The third-order valence-corrected chi connectivity index (χ3v) is 3.37. The molecule has 0 saturated heterocycles. The highest BCUT2D eigenvalue weighted by Gasteiger charge is 2.14. The van der Waals surface area contributed by atoms with Crippen molar-refractivity contribution in [1.29, 1.82) is 0 Å². The molecule has 98 valence electrons. The van der Waals surface area contributed by atoms with E-state index in [0.717, 1.165) is 17.8 Å². The second-order valence-electron chi connectivity index (χ2n) is 5.00. The highest BCUT2D eigenvalue weighted by Crippen LogP contribution is 2.23. The Kier molecular flexibility index (Phi) is 4.62. The fraction of sp³-hybridized carbons (Fsp3) is 0.533. The largest absolute Gasteiger partial charge is 0.382 e. The first-order valence-corrected chi connectivity index (χ1v) is 6.94. The van der Waals surface area contributed by atoms with E-state index in [1.54, 1.807) is 0 Å². The van der Waals surface area contributed by atoms with Crippen LogP contribution in [0.3, 0.4) is 0 Å². The highest BCUT2D eigenvalue weighted by atomic mass is 16.1. The van der Waals surface area contributed by atoms with E-state index in [1.165, 1.54) is 25.7 Å². The fourth-order valence-electron chi connectivity index (χ4n) is 2.41. The standard InChI is InChI=1S/C15H22N2O/c1-2-5-15(18)17-14-10-8-13(9-11-14)16-12-6-3-4-7-12/h8-12,16H,2-7H2,1H3,(H,17,18). The van der Waals surface area contributed by atoms with Crippen molar-refractivity contribution in [3.8, 4) is 0 Å². The molecule has 1 aromatic carbocycles. The number of carbonyl (C=O) groups excluding carboxylic acids is 1. The molecule has 3 nitrogen and oxygen atoms in total. The van der Waals surface area contributed by atoms with Crippen LogP contribution in [0.1, 0.15) is 45.4 Å². The number of anilines is 2. The van der Waals surface area contributed by atoms with Gasteiger partial charge in [0.05, 0.1) is 0 Å². The van der Waals surface area contributed by atoms with Gasteiger partial charge in [-0.15, -0.1) is 0 Å². The fourth-order valence-corrected chi connectivity index (χ4v) is 2.41. The van der Waals surface area contributed by atoms with E-state index in [9.17, 15) is 4.79 Å². The van der Waals surface area contributed by atoms with Gasteiger partial charge in [-0.3, -0.25) is 4.79 Å². The minimum absolute atomic E-state index is 0.0917. The Morgan fingerprint density at radius 3 is 2.39 bits per heavy atom. The summed E-state index contributed by atoms with van der Waals surface area (Å²) in [5.74, 6) is 0.0917. The molecule has 0 heterocycles. The molecule has 0 aromatic heterocycles. The average molecular weight is 246 g/mol. The second kappa shape index (κ2) is 6.43. The van der Waals surface area contributed by atoms with Gasteiger partial charge in [0.2, 0.25) is 5.91 Å². The summed E-state index contributed by atoms with van der Waals surface area (Å²) in [5, 5.41) is 6.43. The molecule has 0 bridgehead atoms. The minimum atomic E-state index is 0.0917. The van der Waals surface area contributed by atoms with Crippen molar-refractivity contribution in [3.63, 3.8) is 0 Å². The second-order valence-corrected chi connectivity index (χ2v) is 5.00. The maximum atomic E-state index is 11.4. The number of carbonyl (C=O) groups is 1. The van der Waals surface area contributed by atoms with Crippen LogP contribution in [0.2, 0.25) is 0 Å². The SMILES string of the molecule is CCCC(=O)Nc1ccc(NC2CCCC2)cc1. The number of hydrogen-bond acceptors (Lipinski definition) is 2. The molecule has 0 radical (unpaired) electrons. The predicted molar refractivity (Wildman–Crippen MR) is 75.9 cm³/mol. The lowest BCUT2D eigenvalue weighted by atomic mass is 10.2. The van der Waals surface area contributed by atoms with Crippen LogP contribution in [-0.4, -0.2) is 11.9 Å². The molecule has 2 N–H and O–H groups in total. The van der Waals surface area contributed by atoms with Crippen LogP contribution in [0.25, 0.3) is 0 Å². The molecule has 18 heavy (non-hydrogen) atoms.